The van der Waals surface area contributed by atoms with E-state index < -0.39 is 12.1 Å². The molecule has 2 N–H and O–H groups in total. The van der Waals surface area contributed by atoms with E-state index in [-0.39, 0.29) is 11.8 Å². The Morgan fingerprint density at radius 1 is 1.14 bits per heavy atom. The average Bonchev–Trinajstić information content (AvgIpc) is 2.69. The Balaban J connectivity index is 1.74. The highest BCUT2D eigenvalue weighted by atomic mass is 16.6. The van der Waals surface area contributed by atoms with E-state index in [1.54, 1.807) is 49.4 Å². The SMILES string of the molecule is CCCCNC(=O)Oc1ccc(C(=O)N2c3ccccc3NC(=O)[C@@H]2C)cc1. The van der Waals surface area contributed by atoms with Gasteiger partial charge in [-0.2, -0.15) is 0 Å². The first-order valence-corrected chi connectivity index (χ1v) is 9.30. The van der Waals surface area contributed by atoms with Crippen LogP contribution in [0.25, 0.3) is 0 Å². The fraction of sp³-hybridized carbons (Fsp3) is 0.286. The Bertz CT molecular complexity index is 879. The maximum absolute atomic E-state index is 13.1. The molecule has 1 heterocycles. The molecule has 3 rings (SSSR count). The molecule has 28 heavy (non-hydrogen) atoms. The first-order chi connectivity index (χ1) is 13.5. The summed E-state index contributed by atoms with van der Waals surface area (Å²) in [4.78, 5) is 38.5. The zero-order valence-electron chi connectivity index (χ0n) is 15.9. The largest absolute Gasteiger partial charge is 0.412 e. The van der Waals surface area contributed by atoms with E-state index in [9.17, 15) is 14.4 Å². The van der Waals surface area contributed by atoms with Gasteiger partial charge in [0.05, 0.1) is 11.4 Å². The number of ether oxygens (including phenoxy) is 1. The number of nitrogens with zero attached hydrogens (tertiary/aromatic N) is 1. The molecular formula is C21H23N3O4. The molecule has 146 valence electrons. The van der Waals surface area contributed by atoms with Crippen molar-refractivity contribution in [1.82, 2.24) is 5.32 Å². The van der Waals surface area contributed by atoms with Crippen molar-refractivity contribution < 1.29 is 19.1 Å². The summed E-state index contributed by atoms with van der Waals surface area (Å²) in [6, 6.07) is 12.8. The number of carbonyl (C=O) groups excluding carboxylic acids is 3. The second-order valence-corrected chi connectivity index (χ2v) is 6.55. The summed E-state index contributed by atoms with van der Waals surface area (Å²) >= 11 is 0. The van der Waals surface area contributed by atoms with E-state index in [4.69, 9.17) is 4.74 Å². The normalized spacial score (nSPS) is 15.4. The fourth-order valence-corrected chi connectivity index (χ4v) is 2.95. The van der Waals surface area contributed by atoms with Crippen molar-refractivity contribution in [3.05, 3.63) is 54.1 Å². The van der Waals surface area contributed by atoms with Crippen LogP contribution in [-0.2, 0) is 4.79 Å². The zero-order valence-corrected chi connectivity index (χ0v) is 15.9. The van der Waals surface area contributed by atoms with Crippen molar-refractivity contribution in [2.75, 3.05) is 16.8 Å². The highest BCUT2D eigenvalue weighted by Crippen LogP contribution is 2.33. The smallest absolute Gasteiger partial charge is 0.410 e. The molecule has 0 saturated carbocycles. The van der Waals surface area contributed by atoms with E-state index in [1.807, 2.05) is 13.0 Å². The van der Waals surface area contributed by atoms with E-state index in [0.29, 0.717) is 29.2 Å². The van der Waals surface area contributed by atoms with Crippen molar-refractivity contribution >= 4 is 29.3 Å². The second kappa shape index (κ2) is 8.56. The number of benzene rings is 2. The molecule has 0 saturated heterocycles. The molecule has 0 radical (unpaired) electrons. The molecule has 7 nitrogen and oxygen atoms in total. The van der Waals surface area contributed by atoms with Crippen LogP contribution in [0.1, 0.15) is 37.0 Å². The Kier molecular flexibility index (Phi) is 5.93. The Labute approximate surface area is 163 Å². The van der Waals surface area contributed by atoms with Crippen molar-refractivity contribution in [3.8, 4) is 5.75 Å². The Morgan fingerprint density at radius 2 is 1.86 bits per heavy atom. The molecule has 7 heteroatoms. The van der Waals surface area contributed by atoms with Crippen LogP contribution in [0.15, 0.2) is 48.5 Å². The lowest BCUT2D eigenvalue weighted by Crippen LogP contribution is -2.49. The highest BCUT2D eigenvalue weighted by Gasteiger charge is 2.34. The summed E-state index contributed by atoms with van der Waals surface area (Å²) in [6.45, 7) is 4.27. The summed E-state index contributed by atoms with van der Waals surface area (Å²) in [5.41, 5.74) is 1.65. The standard InChI is InChI=1S/C21H23N3O4/c1-3-4-13-22-21(27)28-16-11-9-15(10-12-16)20(26)24-14(2)19(25)23-17-7-5-6-8-18(17)24/h5-12,14H,3-4,13H2,1-2H3,(H,22,27)(H,23,25)/t14-/m0/s1. The molecule has 0 fully saturated rings. The van der Waals surface area contributed by atoms with Gasteiger partial charge >= 0.3 is 6.09 Å². The molecule has 1 aliphatic rings. The van der Waals surface area contributed by atoms with Gasteiger partial charge in [0.2, 0.25) is 5.91 Å². The van der Waals surface area contributed by atoms with Crippen LogP contribution >= 0.6 is 0 Å². The minimum atomic E-state index is -0.636. The van der Waals surface area contributed by atoms with Gasteiger partial charge in [-0.05, 0) is 49.7 Å². The summed E-state index contributed by atoms with van der Waals surface area (Å²) in [5.74, 6) is -0.195. The van der Waals surface area contributed by atoms with Gasteiger partial charge in [-0.3, -0.25) is 14.5 Å². The number of anilines is 2. The van der Waals surface area contributed by atoms with Gasteiger partial charge in [0.15, 0.2) is 0 Å². The van der Waals surface area contributed by atoms with E-state index in [0.717, 1.165) is 12.8 Å². The second-order valence-electron chi connectivity index (χ2n) is 6.55. The maximum Gasteiger partial charge on any atom is 0.412 e. The number of rotatable bonds is 5. The van der Waals surface area contributed by atoms with Crippen molar-refractivity contribution in [2.24, 2.45) is 0 Å². The number of unbranched alkanes of at least 4 members (excludes halogenated alkanes) is 1. The average molecular weight is 381 g/mol. The predicted molar refractivity (Wildman–Crippen MR) is 107 cm³/mol. The van der Waals surface area contributed by atoms with Crippen LogP contribution in [0.2, 0.25) is 0 Å². The number of hydrogen-bond donors (Lipinski definition) is 2. The highest BCUT2D eigenvalue weighted by molar-refractivity contribution is 6.16. The molecule has 0 bridgehead atoms. The van der Waals surface area contributed by atoms with Crippen LogP contribution in [-0.4, -0.2) is 30.5 Å². The number of carbonyl (C=O) groups is 3. The third kappa shape index (κ3) is 4.14. The van der Waals surface area contributed by atoms with Crippen molar-refractivity contribution in [2.45, 2.75) is 32.7 Å². The number of fused-ring (bicyclic) bond motifs is 1. The maximum atomic E-state index is 13.1. The van der Waals surface area contributed by atoms with E-state index in [1.165, 1.54) is 4.90 Å². The number of nitrogens with one attached hydrogen (secondary N) is 2. The van der Waals surface area contributed by atoms with Crippen LogP contribution in [0.3, 0.4) is 0 Å². The van der Waals surface area contributed by atoms with Crippen LogP contribution < -0.4 is 20.3 Å². The number of amides is 3. The number of hydrogen-bond acceptors (Lipinski definition) is 4. The molecular weight excluding hydrogens is 358 g/mol. The minimum absolute atomic E-state index is 0.240. The lowest BCUT2D eigenvalue weighted by atomic mass is 10.1. The molecule has 2 aromatic carbocycles. The Hall–Kier alpha value is -3.35. The van der Waals surface area contributed by atoms with Gasteiger partial charge < -0.3 is 15.4 Å². The molecule has 0 aromatic heterocycles. The molecule has 0 aliphatic carbocycles. The van der Waals surface area contributed by atoms with Gasteiger partial charge in [-0.1, -0.05) is 25.5 Å². The van der Waals surface area contributed by atoms with E-state index in [2.05, 4.69) is 10.6 Å². The molecule has 1 aliphatic heterocycles. The molecule has 3 amide bonds. The quantitative estimate of drug-likeness (QED) is 0.775. The third-order valence-electron chi connectivity index (χ3n) is 4.52. The molecule has 2 aromatic rings. The van der Waals surface area contributed by atoms with Crippen LogP contribution in [0.4, 0.5) is 16.2 Å². The topological polar surface area (TPSA) is 87.7 Å². The van der Waals surface area contributed by atoms with Crippen LogP contribution in [0, 0.1) is 0 Å². The van der Waals surface area contributed by atoms with Crippen molar-refractivity contribution in [3.63, 3.8) is 0 Å². The lowest BCUT2D eigenvalue weighted by molar-refractivity contribution is -0.117. The Morgan fingerprint density at radius 3 is 2.57 bits per heavy atom. The predicted octanol–water partition coefficient (Wildman–Crippen LogP) is 3.56. The van der Waals surface area contributed by atoms with Gasteiger partial charge in [0.25, 0.3) is 5.91 Å². The summed E-state index contributed by atoms with van der Waals surface area (Å²) in [6.07, 6.45) is 1.33. The monoisotopic (exact) mass is 381 g/mol. The van der Waals surface area contributed by atoms with Gasteiger partial charge in [0.1, 0.15) is 11.8 Å². The van der Waals surface area contributed by atoms with Crippen molar-refractivity contribution in [1.29, 1.82) is 0 Å². The van der Waals surface area contributed by atoms with E-state index >= 15 is 0 Å². The van der Waals surface area contributed by atoms with Gasteiger partial charge in [-0.15, -0.1) is 0 Å². The van der Waals surface area contributed by atoms with Gasteiger partial charge in [-0.25, -0.2) is 4.79 Å². The molecule has 0 unspecified atom stereocenters. The molecule has 1 atom stereocenters. The minimum Gasteiger partial charge on any atom is -0.410 e. The van der Waals surface area contributed by atoms with Gasteiger partial charge in [0, 0.05) is 12.1 Å². The first-order valence-electron chi connectivity index (χ1n) is 9.30. The molecule has 0 spiro atoms. The fourth-order valence-electron chi connectivity index (χ4n) is 2.95. The third-order valence-corrected chi connectivity index (χ3v) is 4.52. The first kappa shape index (κ1) is 19.4. The number of para-hydroxylation sites is 2. The van der Waals surface area contributed by atoms with Crippen LogP contribution in [0.5, 0.6) is 5.75 Å². The zero-order chi connectivity index (χ0) is 20.1. The summed E-state index contributed by atoms with van der Waals surface area (Å²) < 4.78 is 5.20. The summed E-state index contributed by atoms with van der Waals surface area (Å²) in [5, 5.41) is 5.46. The lowest BCUT2D eigenvalue weighted by Gasteiger charge is -2.34. The summed E-state index contributed by atoms with van der Waals surface area (Å²) in [7, 11) is 0.